The normalized spacial score (nSPS) is 11.1. The number of halogens is 1. The van der Waals surface area contributed by atoms with E-state index in [2.05, 4.69) is 0 Å². The molecule has 0 radical (unpaired) electrons. The second-order valence-electron chi connectivity index (χ2n) is 7.32. The molecule has 0 saturated carbocycles. The van der Waals surface area contributed by atoms with E-state index in [1.54, 1.807) is 56.5 Å². The average molecular weight is 489 g/mol. The summed E-state index contributed by atoms with van der Waals surface area (Å²) >= 11 is 5.85. The molecule has 0 saturated heterocycles. The van der Waals surface area contributed by atoms with Crippen LogP contribution in [0.1, 0.15) is 15.9 Å². The van der Waals surface area contributed by atoms with Gasteiger partial charge in [-0.2, -0.15) is 0 Å². The lowest BCUT2D eigenvalue weighted by Crippen LogP contribution is -2.27. The van der Waals surface area contributed by atoms with Gasteiger partial charge in [-0.3, -0.25) is 9.10 Å². The van der Waals surface area contributed by atoms with Crippen molar-refractivity contribution in [3.63, 3.8) is 0 Å². The number of amides is 1. The van der Waals surface area contributed by atoms with Crippen LogP contribution in [0.4, 0.5) is 5.69 Å². The lowest BCUT2D eigenvalue weighted by atomic mass is 10.1. The smallest absolute Gasteiger partial charge is 0.264 e. The number of nitrogens with zero attached hydrogens (tertiary/aromatic N) is 2. The zero-order valence-electron chi connectivity index (χ0n) is 18.8. The van der Waals surface area contributed by atoms with Gasteiger partial charge in [0.25, 0.3) is 15.9 Å². The quantitative estimate of drug-likeness (QED) is 0.468. The Hall–Kier alpha value is -3.23. The molecule has 174 valence electrons. The number of carbonyl (C=O) groups is 1. The number of hydrogen-bond donors (Lipinski definition) is 0. The van der Waals surface area contributed by atoms with Crippen LogP contribution in [0.25, 0.3) is 0 Å². The van der Waals surface area contributed by atoms with Gasteiger partial charge in [0.1, 0.15) is 0 Å². The van der Waals surface area contributed by atoms with E-state index in [4.69, 9.17) is 21.1 Å². The number of methoxy groups -OCH3 is 2. The molecule has 0 aromatic heterocycles. The molecular formula is C24H25ClN2O5S. The van der Waals surface area contributed by atoms with Crippen LogP contribution in [-0.4, -0.2) is 47.5 Å². The Morgan fingerprint density at radius 1 is 0.879 bits per heavy atom. The fourth-order valence-corrected chi connectivity index (χ4v) is 4.58. The molecule has 1 amide bonds. The van der Waals surface area contributed by atoms with E-state index in [0.717, 1.165) is 9.87 Å². The summed E-state index contributed by atoms with van der Waals surface area (Å²) in [6.45, 7) is 0.367. The number of hydrogen-bond acceptors (Lipinski definition) is 5. The Bertz CT molecular complexity index is 1230. The third-order valence-electron chi connectivity index (χ3n) is 5.16. The van der Waals surface area contributed by atoms with Crippen molar-refractivity contribution in [1.82, 2.24) is 4.90 Å². The number of carbonyl (C=O) groups excluding carboxylic acids is 1. The molecule has 3 aromatic rings. The fourth-order valence-electron chi connectivity index (χ4n) is 3.26. The minimum atomic E-state index is -3.75. The first-order valence-corrected chi connectivity index (χ1v) is 11.8. The number of rotatable bonds is 8. The highest BCUT2D eigenvalue weighted by molar-refractivity contribution is 7.92. The summed E-state index contributed by atoms with van der Waals surface area (Å²) in [5.41, 5.74) is 1.76. The maximum atomic E-state index is 12.9. The lowest BCUT2D eigenvalue weighted by molar-refractivity contribution is 0.0785. The van der Waals surface area contributed by atoms with Crippen molar-refractivity contribution in [3.8, 4) is 11.5 Å². The zero-order valence-corrected chi connectivity index (χ0v) is 20.4. The molecule has 0 heterocycles. The van der Waals surface area contributed by atoms with Crippen LogP contribution >= 0.6 is 11.6 Å². The molecule has 0 bridgehead atoms. The minimum Gasteiger partial charge on any atom is -0.493 e. The van der Waals surface area contributed by atoms with Crippen LogP contribution in [0, 0.1) is 0 Å². The predicted octanol–water partition coefficient (Wildman–Crippen LogP) is 4.45. The summed E-state index contributed by atoms with van der Waals surface area (Å²) in [5, 5.41) is 0.455. The first-order valence-electron chi connectivity index (χ1n) is 9.98. The van der Waals surface area contributed by atoms with E-state index < -0.39 is 10.0 Å². The first-order chi connectivity index (χ1) is 15.7. The molecule has 3 aromatic carbocycles. The lowest BCUT2D eigenvalue weighted by Gasteiger charge is -2.21. The Morgan fingerprint density at radius 3 is 2.06 bits per heavy atom. The van der Waals surface area contributed by atoms with Crippen molar-refractivity contribution in [1.29, 1.82) is 0 Å². The number of ether oxygens (including phenoxy) is 2. The van der Waals surface area contributed by atoms with Gasteiger partial charge in [0.05, 0.1) is 24.8 Å². The van der Waals surface area contributed by atoms with E-state index in [1.807, 2.05) is 12.1 Å². The maximum absolute atomic E-state index is 12.9. The largest absolute Gasteiger partial charge is 0.493 e. The van der Waals surface area contributed by atoms with E-state index >= 15 is 0 Å². The molecule has 0 aliphatic heterocycles. The van der Waals surface area contributed by atoms with E-state index in [-0.39, 0.29) is 10.8 Å². The molecule has 33 heavy (non-hydrogen) atoms. The van der Waals surface area contributed by atoms with Crippen LogP contribution in [0.2, 0.25) is 5.02 Å². The van der Waals surface area contributed by atoms with Crippen LogP contribution in [0.5, 0.6) is 11.5 Å². The molecule has 7 nitrogen and oxygen atoms in total. The highest BCUT2D eigenvalue weighted by Crippen LogP contribution is 2.28. The molecule has 0 unspecified atom stereocenters. The molecule has 0 atom stereocenters. The second-order valence-corrected chi connectivity index (χ2v) is 9.73. The van der Waals surface area contributed by atoms with E-state index in [1.165, 1.54) is 31.3 Å². The average Bonchev–Trinajstić information content (AvgIpc) is 2.83. The molecule has 9 heteroatoms. The van der Waals surface area contributed by atoms with Gasteiger partial charge in [-0.05, 0) is 66.2 Å². The minimum absolute atomic E-state index is 0.129. The van der Waals surface area contributed by atoms with E-state index in [9.17, 15) is 13.2 Å². The molecule has 0 aliphatic carbocycles. The van der Waals surface area contributed by atoms with Crippen molar-refractivity contribution in [2.45, 2.75) is 11.4 Å². The highest BCUT2D eigenvalue weighted by Gasteiger charge is 2.22. The van der Waals surface area contributed by atoms with Crippen LogP contribution < -0.4 is 13.8 Å². The van der Waals surface area contributed by atoms with Gasteiger partial charge in [0.15, 0.2) is 11.5 Å². The van der Waals surface area contributed by atoms with Crippen molar-refractivity contribution in [3.05, 3.63) is 82.9 Å². The SMILES string of the molecule is COc1ccc(CN(C)C(=O)c2ccc(N(C)S(=O)(=O)c3ccc(Cl)cc3)cc2)cc1OC. The summed E-state index contributed by atoms with van der Waals surface area (Å²) in [7, 11) is 2.53. The Morgan fingerprint density at radius 2 is 1.48 bits per heavy atom. The third-order valence-corrected chi connectivity index (χ3v) is 7.22. The zero-order chi connectivity index (χ0) is 24.2. The Kier molecular flexibility index (Phi) is 7.50. The molecule has 3 rings (SSSR count). The van der Waals surface area contributed by atoms with Crippen LogP contribution in [-0.2, 0) is 16.6 Å². The molecule has 0 aliphatic rings. The van der Waals surface area contributed by atoms with Gasteiger partial charge in [0.2, 0.25) is 0 Å². The van der Waals surface area contributed by atoms with Gasteiger partial charge in [-0.25, -0.2) is 8.42 Å². The van der Waals surface area contributed by atoms with Crippen LogP contribution in [0.3, 0.4) is 0 Å². The Balaban J connectivity index is 1.73. The standard InChI is InChI=1S/C24H25ClN2O5S/c1-26(16-17-5-14-22(31-3)23(15-17)32-4)24(28)18-6-10-20(11-7-18)27(2)33(29,30)21-12-8-19(25)9-13-21/h5-15H,16H2,1-4H3. The third kappa shape index (κ3) is 5.40. The van der Waals surface area contributed by atoms with Gasteiger partial charge in [-0.1, -0.05) is 17.7 Å². The van der Waals surface area contributed by atoms with Crippen molar-refractivity contribution in [2.24, 2.45) is 0 Å². The Labute approximate surface area is 199 Å². The summed E-state index contributed by atoms with van der Waals surface area (Å²) in [6.07, 6.45) is 0. The monoisotopic (exact) mass is 488 g/mol. The van der Waals surface area contributed by atoms with Crippen molar-refractivity contribution in [2.75, 3.05) is 32.6 Å². The number of benzene rings is 3. The molecule has 0 fully saturated rings. The topological polar surface area (TPSA) is 76.2 Å². The molecule has 0 spiro atoms. The van der Waals surface area contributed by atoms with Gasteiger partial charge < -0.3 is 14.4 Å². The summed E-state index contributed by atoms with van der Waals surface area (Å²) in [4.78, 5) is 14.6. The van der Waals surface area contributed by atoms with E-state index in [0.29, 0.717) is 34.3 Å². The summed E-state index contributed by atoms with van der Waals surface area (Å²) < 4.78 is 37.4. The van der Waals surface area contributed by atoms with Gasteiger partial charge in [0, 0.05) is 31.2 Å². The maximum Gasteiger partial charge on any atom is 0.264 e. The van der Waals surface area contributed by atoms with Crippen molar-refractivity contribution >= 4 is 33.2 Å². The summed E-state index contributed by atoms with van der Waals surface area (Å²) in [6, 6.07) is 17.9. The van der Waals surface area contributed by atoms with Crippen molar-refractivity contribution < 1.29 is 22.7 Å². The van der Waals surface area contributed by atoms with Crippen LogP contribution in [0.15, 0.2) is 71.6 Å². The summed E-state index contributed by atoms with van der Waals surface area (Å²) in [5.74, 6) is 1.01. The molecule has 0 N–H and O–H groups in total. The van der Waals surface area contributed by atoms with Gasteiger partial charge >= 0.3 is 0 Å². The fraction of sp³-hybridized carbons (Fsp3) is 0.208. The van der Waals surface area contributed by atoms with Gasteiger partial charge in [-0.15, -0.1) is 0 Å². The molecular weight excluding hydrogens is 464 g/mol. The number of anilines is 1. The highest BCUT2D eigenvalue weighted by atomic mass is 35.5. The predicted molar refractivity (Wildman–Crippen MR) is 129 cm³/mol. The first kappa shape index (κ1) is 24.4. The number of sulfonamides is 1. The second kappa shape index (κ2) is 10.1.